The Morgan fingerprint density at radius 3 is 2.13 bits per heavy atom. The van der Waals surface area contributed by atoms with Crippen molar-refractivity contribution in [1.82, 2.24) is 0 Å². The minimum absolute atomic E-state index is 0.112. The van der Waals surface area contributed by atoms with Gasteiger partial charge in [-0.3, -0.25) is 9.52 Å². The Morgan fingerprint density at radius 1 is 0.871 bits per heavy atom. The highest BCUT2D eigenvalue weighted by Crippen LogP contribution is 2.21. The molecule has 0 aromatic heterocycles. The molecule has 0 heterocycles. The van der Waals surface area contributed by atoms with E-state index in [2.05, 4.69) is 10.0 Å². The van der Waals surface area contributed by atoms with Crippen molar-refractivity contribution in [2.45, 2.75) is 32.1 Å². The summed E-state index contributed by atoms with van der Waals surface area (Å²) >= 11 is 0. The first kappa shape index (κ1) is 22.4. The molecule has 0 atom stereocenters. The first-order valence-electron chi connectivity index (χ1n) is 10.0. The summed E-state index contributed by atoms with van der Waals surface area (Å²) in [5.74, 6) is 0.426. The summed E-state index contributed by atoms with van der Waals surface area (Å²) in [4.78, 5) is 12.6. The summed E-state index contributed by atoms with van der Waals surface area (Å²) in [5, 5.41) is 2.77. The van der Waals surface area contributed by atoms with E-state index in [1.807, 2.05) is 26.8 Å². The van der Waals surface area contributed by atoms with Crippen LogP contribution in [0.4, 0.5) is 11.4 Å². The number of sulfonamides is 1. The Hall–Kier alpha value is -3.32. The highest BCUT2D eigenvalue weighted by Gasteiger charge is 2.15. The van der Waals surface area contributed by atoms with Crippen molar-refractivity contribution in [3.8, 4) is 5.75 Å². The maximum absolute atomic E-state index is 12.6. The number of benzene rings is 3. The van der Waals surface area contributed by atoms with Crippen LogP contribution in [0.15, 0.2) is 71.6 Å². The molecular formula is C24H26N2O4S. The summed E-state index contributed by atoms with van der Waals surface area (Å²) in [7, 11) is -3.73. The molecule has 0 aliphatic carbocycles. The Kier molecular flexibility index (Phi) is 6.97. The minimum Gasteiger partial charge on any atom is -0.494 e. The van der Waals surface area contributed by atoms with Gasteiger partial charge in [-0.05, 0) is 92.1 Å². The summed E-state index contributed by atoms with van der Waals surface area (Å²) < 4.78 is 33.4. The van der Waals surface area contributed by atoms with Crippen LogP contribution in [-0.4, -0.2) is 20.9 Å². The largest absolute Gasteiger partial charge is 0.494 e. The molecule has 0 saturated heterocycles. The number of nitrogens with one attached hydrogen (secondary N) is 2. The summed E-state index contributed by atoms with van der Waals surface area (Å²) in [6.45, 7) is 6.54. The highest BCUT2D eigenvalue weighted by atomic mass is 32.2. The Bertz CT molecular complexity index is 1160. The van der Waals surface area contributed by atoms with Crippen LogP contribution in [0.3, 0.4) is 0 Å². The van der Waals surface area contributed by atoms with Crippen LogP contribution >= 0.6 is 0 Å². The van der Waals surface area contributed by atoms with Crippen molar-refractivity contribution in [2.24, 2.45) is 0 Å². The van der Waals surface area contributed by atoms with E-state index in [1.165, 1.54) is 12.1 Å². The predicted molar refractivity (Wildman–Crippen MR) is 123 cm³/mol. The van der Waals surface area contributed by atoms with Crippen LogP contribution in [0, 0.1) is 13.8 Å². The van der Waals surface area contributed by atoms with Gasteiger partial charge >= 0.3 is 0 Å². The predicted octanol–water partition coefficient (Wildman–Crippen LogP) is 5.15. The van der Waals surface area contributed by atoms with Crippen molar-refractivity contribution >= 4 is 27.3 Å². The summed E-state index contributed by atoms with van der Waals surface area (Å²) in [6, 6.07) is 18.3. The highest BCUT2D eigenvalue weighted by molar-refractivity contribution is 7.92. The van der Waals surface area contributed by atoms with E-state index >= 15 is 0 Å². The molecule has 1 amide bonds. The van der Waals surface area contributed by atoms with E-state index in [9.17, 15) is 13.2 Å². The molecule has 0 aliphatic heterocycles. The van der Waals surface area contributed by atoms with Crippen molar-refractivity contribution in [3.05, 3.63) is 83.4 Å². The van der Waals surface area contributed by atoms with Gasteiger partial charge in [-0.1, -0.05) is 13.0 Å². The van der Waals surface area contributed by atoms with Gasteiger partial charge in [0, 0.05) is 16.9 Å². The van der Waals surface area contributed by atoms with Crippen molar-refractivity contribution < 1.29 is 17.9 Å². The first-order valence-corrected chi connectivity index (χ1v) is 11.5. The van der Waals surface area contributed by atoms with Crippen LogP contribution in [0.25, 0.3) is 0 Å². The van der Waals surface area contributed by atoms with Crippen molar-refractivity contribution in [3.63, 3.8) is 0 Å². The van der Waals surface area contributed by atoms with E-state index in [0.29, 0.717) is 29.3 Å². The molecule has 0 aliphatic rings. The number of anilines is 2. The monoisotopic (exact) mass is 438 g/mol. The van der Waals surface area contributed by atoms with Gasteiger partial charge in [-0.25, -0.2) is 8.42 Å². The van der Waals surface area contributed by atoms with E-state index in [4.69, 9.17) is 4.74 Å². The van der Waals surface area contributed by atoms with E-state index in [0.717, 1.165) is 17.5 Å². The van der Waals surface area contributed by atoms with Gasteiger partial charge in [-0.2, -0.15) is 0 Å². The molecule has 3 aromatic carbocycles. The lowest BCUT2D eigenvalue weighted by molar-refractivity contribution is 0.102. The number of hydrogen-bond donors (Lipinski definition) is 2. The van der Waals surface area contributed by atoms with Gasteiger partial charge in [0.05, 0.1) is 11.5 Å². The van der Waals surface area contributed by atoms with Crippen LogP contribution in [0.2, 0.25) is 0 Å². The summed E-state index contributed by atoms with van der Waals surface area (Å²) in [6.07, 6.45) is 0.911. The van der Waals surface area contributed by atoms with Gasteiger partial charge in [0.15, 0.2) is 0 Å². The van der Waals surface area contributed by atoms with Gasteiger partial charge in [-0.15, -0.1) is 0 Å². The fourth-order valence-electron chi connectivity index (χ4n) is 2.86. The molecule has 0 bridgehead atoms. The first-order chi connectivity index (χ1) is 14.8. The molecule has 3 rings (SSSR count). The minimum atomic E-state index is -3.73. The third-order valence-corrected chi connectivity index (χ3v) is 6.17. The fraction of sp³-hybridized carbons (Fsp3) is 0.208. The van der Waals surface area contributed by atoms with Crippen molar-refractivity contribution in [1.29, 1.82) is 0 Å². The van der Waals surface area contributed by atoms with Crippen molar-refractivity contribution in [2.75, 3.05) is 16.6 Å². The molecule has 0 saturated carbocycles. The maximum atomic E-state index is 12.6. The Balaban J connectivity index is 1.66. The maximum Gasteiger partial charge on any atom is 0.261 e. The van der Waals surface area contributed by atoms with E-state index < -0.39 is 10.0 Å². The van der Waals surface area contributed by atoms with Gasteiger partial charge in [0.1, 0.15) is 5.75 Å². The molecule has 31 heavy (non-hydrogen) atoms. The summed E-state index contributed by atoms with van der Waals surface area (Å²) in [5.41, 5.74) is 3.58. The number of aryl methyl sites for hydroxylation is 2. The zero-order chi connectivity index (χ0) is 22.4. The number of carbonyl (C=O) groups is 1. The fourth-order valence-corrected chi connectivity index (χ4v) is 3.91. The van der Waals surface area contributed by atoms with E-state index in [1.54, 1.807) is 48.5 Å². The number of carbonyl (C=O) groups excluding carboxylic acids is 1. The number of rotatable bonds is 8. The van der Waals surface area contributed by atoms with E-state index in [-0.39, 0.29) is 10.8 Å². The average Bonchev–Trinajstić information content (AvgIpc) is 2.75. The molecule has 0 radical (unpaired) electrons. The van der Waals surface area contributed by atoms with Gasteiger partial charge in [0.2, 0.25) is 0 Å². The van der Waals surface area contributed by atoms with Crippen LogP contribution in [0.5, 0.6) is 5.75 Å². The molecular weight excluding hydrogens is 412 g/mol. The molecule has 2 N–H and O–H groups in total. The second-order valence-corrected chi connectivity index (χ2v) is 8.94. The molecule has 0 fully saturated rings. The topological polar surface area (TPSA) is 84.5 Å². The molecule has 0 unspecified atom stereocenters. The number of ether oxygens (including phenoxy) is 1. The molecule has 0 spiro atoms. The second kappa shape index (κ2) is 9.66. The third-order valence-electron chi connectivity index (χ3n) is 4.77. The normalized spacial score (nSPS) is 11.1. The number of hydrogen-bond acceptors (Lipinski definition) is 4. The standard InChI is InChI=1S/C24H26N2O4S/c1-4-15-30-22-11-6-19(7-12-22)24(27)25-20-9-13-23(14-10-20)31(28,29)26-21-8-5-17(2)18(3)16-21/h5-14,16,26H,4,15H2,1-3H3,(H,25,27). The zero-order valence-electron chi connectivity index (χ0n) is 17.8. The van der Waals surface area contributed by atoms with Gasteiger partial charge < -0.3 is 10.1 Å². The van der Waals surface area contributed by atoms with Crippen LogP contribution in [0.1, 0.15) is 34.8 Å². The third kappa shape index (κ3) is 5.86. The Labute approximate surface area is 183 Å². The smallest absolute Gasteiger partial charge is 0.261 e. The molecule has 3 aromatic rings. The number of amides is 1. The lowest BCUT2D eigenvalue weighted by Gasteiger charge is -2.11. The average molecular weight is 439 g/mol. The lowest BCUT2D eigenvalue weighted by Crippen LogP contribution is -2.14. The quantitative estimate of drug-likeness (QED) is 0.510. The molecule has 7 heteroatoms. The van der Waals surface area contributed by atoms with Gasteiger partial charge in [0.25, 0.3) is 15.9 Å². The Morgan fingerprint density at radius 2 is 1.52 bits per heavy atom. The van der Waals surface area contributed by atoms with Crippen LogP contribution in [-0.2, 0) is 10.0 Å². The lowest BCUT2D eigenvalue weighted by atomic mass is 10.1. The van der Waals surface area contributed by atoms with Crippen LogP contribution < -0.4 is 14.8 Å². The molecule has 162 valence electrons. The second-order valence-electron chi connectivity index (χ2n) is 7.26. The SMILES string of the molecule is CCCOc1ccc(C(=O)Nc2ccc(S(=O)(=O)Nc3ccc(C)c(C)c3)cc2)cc1. The zero-order valence-corrected chi connectivity index (χ0v) is 18.6. The molecule has 6 nitrogen and oxygen atoms in total.